The monoisotopic (exact) mass is 425 g/mol. The Labute approximate surface area is 166 Å². The molecule has 0 radical (unpaired) electrons. The molecule has 7 nitrogen and oxygen atoms in total. The van der Waals surface area contributed by atoms with E-state index in [1.54, 1.807) is 32.0 Å². The lowest BCUT2D eigenvalue weighted by Crippen LogP contribution is -2.14. The molecular weight excluding hydrogens is 401 g/mol. The minimum absolute atomic E-state index is 0.0514. The molecular formula is C19H24NO6PS. The zero-order valence-corrected chi connectivity index (χ0v) is 17.9. The van der Waals surface area contributed by atoms with E-state index in [2.05, 4.69) is 5.18 Å². The van der Waals surface area contributed by atoms with Gasteiger partial charge in [0.1, 0.15) is 11.4 Å². The molecule has 0 aliphatic carbocycles. The normalized spacial score (nSPS) is 11.9. The van der Waals surface area contributed by atoms with Gasteiger partial charge in [-0.2, -0.15) is 0 Å². The van der Waals surface area contributed by atoms with E-state index in [9.17, 15) is 13.3 Å². The molecule has 0 aromatic heterocycles. The van der Waals surface area contributed by atoms with E-state index >= 15 is 0 Å². The van der Waals surface area contributed by atoms with Crippen molar-refractivity contribution < 1.29 is 22.9 Å². The van der Waals surface area contributed by atoms with Crippen LogP contribution < -0.4 is 4.74 Å². The molecule has 2 aromatic carbocycles. The third-order valence-corrected chi connectivity index (χ3v) is 6.99. The van der Waals surface area contributed by atoms with Crippen LogP contribution in [0.2, 0.25) is 0 Å². The fraction of sp³-hybridized carbons (Fsp3) is 0.368. The van der Waals surface area contributed by atoms with Gasteiger partial charge >= 0.3 is 0 Å². The van der Waals surface area contributed by atoms with Crippen LogP contribution in [0.1, 0.15) is 36.1 Å². The summed E-state index contributed by atoms with van der Waals surface area (Å²) < 4.78 is 30.5. The number of nitrogens with zero attached hydrogens (tertiary/aromatic N) is 1. The minimum Gasteiger partial charge on any atom is -0.484 e. The van der Waals surface area contributed by atoms with E-state index in [0.29, 0.717) is 12.2 Å². The second kappa shape index (κ2) is 9.09. The lowest BCUT2D eigenvalue weighted by atomic mass is 9.95. The fourth-order valence-corrected chi connectivity index (χ4v) is 4.36. The number of hydrogen-bond donors (Lipinski definition) is 2. The van der Waals surface area contributed by atoms with E-state index < -0.39 is 23.5 Å². The number of sulfone groups is 1. The Bertz CT molecular complexity index is 949. The molecule has 0 aliphatic heterocycles. The molecule has 0 unspecified atom stereocenters. The number of hydrogen-bond acceptors (Lipinski definition) is 7. The van der Waals surface area contributed by atoms with Crippen LogP contribution >= 0.6 is 8.38 Å². The van der Waals surface area contributed by atoms with Crippen molar-refractivity contribution in [2.24, 2.45) is 5.18 Å². The van der Waals surface area contributed by atoms with Gasteiger partial charge in [-0.05, 0) is 85.8 Å². The standard InChI is InChI=1S/C19H24NO6PS/c1-12(2)28(24,25)19-10-15(5-6-18(19)20-21)9-17-13(3)7-16(8-14(17)4)26-11-27(22)23/h5-8,10,12,22-23H,9,11H2,1-4H3. The molecule has 9 heteroatoms. The maximum absolute atomic E-state index is 12.6. The second-order valence-electron chi connectivity index (χ2n) is 6.85. The molecule has 2 rings (SSSR count). The van der Waals surface area contributed by atoms with E-state index in [4.69, 9.17) is 14.5 Å². The van der Waals surface area contributed by atoms with E-state index in [0.717, 1.165) is 22.3 Å². The predicted octanol–water partition coefficient (Wildman–Crippen LogP) is 4.11. The van der Waals surface area contributed by atoms with Crippen LogP contribution in [0.5, 0.6) is 5.75 Å². The first-order valence-corrected chi connectivity index (χ1v) is 11.6. The smallest absolute Gasteiger partial charge is 0.205 e. The van der Waals surface area contributed by atoms with Gasteiger partial charge in [0.2, 0.25) is 8.38 Å². The molecule has 0 saturated carbocycles. The van der Waals surface area contributed by atoms with Crippen LogP contribution in [0.25, 0.3) is 0 Å². The molecule has 2 aromatic rings. The van der Waals surface area contributed by atoms with E-state index in [-0.39, 0.29) is 16.9 Å². The zero-order valence-electron chi connectivity index (χ0n) is 16.2. The summed E-state index contributed by atoms with van der Waals surface area (Å²) in [4.78, 5) is 29.0. The molecule has 152 valence electrons. The Morgan fingerprint density at radius 3 is 2.21 bits per heavy atom. The molecule has 0 bridgehead atoms. The highest BCUT2D eigenvalue weighted by Gasteiger charge is 2.24. The van der Waals surface area contributed by atoms with Crippen LogP contribution in [0.3, 0.4) is 0 Å². The SMILES string of the molecule is Cc1cc(OCP(O)O)cc(C)c1Cc1ccc(N=O)c(S(=O)(=O)C(C)C)c1. The molecule has 0 spiro atoms. The molecule has 2 N–H and O–H groups in total. The largest absolute Gasteiger partial charge is 0.484 e. The molecule has 0 heterocycles. The zero-order chi connectivity index (χ0) is 21.1. The maximum Gasteiger partial charge on any atom is 0.205 e. The molecule has 0 fully saturated rings. The van der Waals surface area contributed by atoms with Gasteiger partial charge in [0, 0.05) is 0 Å². The summed E-state index contributed by atoms with van der Waals surface area (Å²) in [5, 5.41) is 2.20. The maximum atomic E-state index is 12.6. The Morgan fingerprint density at radius 1 is 1.11 bits per heavy atom. The van der Waals surface area contributed by atoms with Crippen molar-refractivity contribution in [2.45, 2.75) is 44.3 Å². The average Bonchev–Trinajstić information content (AvgIpc) is 2.62. The van der Waals surface area contributed by atoms with Gasteiger partial charge in [0.25, 0.3) is 0 Å². The van der Waals surface area contributed by atoms with Crippen molar-refractivity contribution in [3.05, 3.63) is 57.5 Å². The van der Waals surface area contributed by atoms with Gasteiger partial charge in [-0.15, -0.1) is 4.91 Å². The molecule has 28 heavy (non-hydrogen) atoms. The first-order valence-electron chi connectivity index (χ1n) is 8.64. The van der Waals surface area contributed by atoms with Crippen LogP contribution in [0.4, 0.5) is 5.69 Å². The van der Waals surface area contributed by atoms with Gasteiger partial charge < -0.3 is 14.5 Å². The quantitative estimate of drug-likeness (QED) is 0.486. The highest BCUT2D eigenvalue weighted by Crippen LogP contribution is 2.31. The Morgan fingerprint density at radius 2 is 1.71 bits per heavy atom. The Balaban J connectivity index is 2.40. The first-order chi connectivity index (χ1) is 13.1. The summed E-state index contributed by atoms with van der Waals surface area (Å²) in [6.07, 6.45) is 0.314. The van der Waals surface area contributed by atoms with Crippen molar-refractivity contribution in [3.8, 4) is 5.75 Å². The first kappa shape index (κ1) is 22.4. The molecule has 0 saturated heterocycles. The van der Waals surface area contributed by atoms with Crippen molar-refractivity contribution in [1.82, 2.24) is 0 Å². The topological polar surface area (TPSA) is 113 Å². The Hall–Kier alpha value is -1.86. The summed E-state index contributed by atoms with van der Waals surface area (Å²) in [5.74, 6) is 0.540. The summed E-state index contributed by atoms with van der Waals surface area (Å²) in [7, 11) is -5.77. The van der Waals surface area contributed by atoms with Crippen molar-refractivity contribution >= 4 is 23.9 Å². The van der Waals surface area contributed by atoms with Crippen molar-refractivity contribution in [2.75, 3.05) is 6.35 Å². The second-order valence-corrected chi connectivity index (χ2v) is 10.3. The highest BCUT2D eigenvalue weighted by atomic mass is 32.2. The van der Waals surface area contributed by atoms with Crippen LogP contribution in [0, 0.1) is 18.8 Å². The van der Waals surface area contributed by atoms with Gasteiger partial charge in [-0.3, -0.25) is 0 Å². The van der Waals surface area contributed by atoms with Gasteiger partial charge in [0.05, 0.1) is 10.1 Å². The molecule has 0 amide bonds. The van der Waals surface area contributed by atoms with E-state index in [1.165, 1.54) is 12.1 Å². The molecule has 0 atom stereocenters. The van der Waals surface area contributed by atoms with Crippen molar-refractivity contribution in [3.63, 3.8) is 0 Å². The fourth-order valence-electron chi connectivity index (χ4n) is 2.88. The summed E-state index contributed by atoms with van der Waals surface area (Å²) in [6.45, 7) is 6.94. The van der Waals surface area contributed by atoms with Crippen molar-refractivity contribution in [1.29, 1.82) is 0 Å². The highest BCUT2D eigenvalue weighted by molar-refractivity contribution is 7.92. The van der Waals surface area contributed by atoms with Crippen LogP contribution in [0.15, 0.2) is 40.4 Å². The Kier molecular flexibility index (Phi) is 7.28. The number of aryl methyl sites for hydroxylation is 2. The molecule has 0 aliphatic rings. The summed E-state index contributed by atoms with van der Waals surface area (Å²) >= 11 is 0. The van der Waals surface area contributed by atoms with Gasteiger partial charge in [0.15, 0.2) is 16.2 Å². The number of nitroso groups, excluding NO2 is 1. The predicted molar refractivity (Wildman–Crippen MR) is 110 cm³/mol. The van der Waals surface area contributed by atoms with Crippen LogP contribution in [-0.4, -0.2) is 29.8 Å². The van der Waals surface area contributed by atoms with E-state index in [1.807, 2.05) is 13.8 Å². The van der Waals surface area contributed by atoms with Gasteiger partial charge in [-0.25, -0.2) is 8.42 Å². The lowest BCUT2D eigenvalue weighted by molar-refractivity contribution is 0.347. The number of benzene rings is 2. The van der Waals surface area contributed by atoms with Gasteiger partial charge in [-0.1, -0.05) is 6.07 Å². The number of ether oxygens (including phenoxy) is 1. The number of rotatable bonds is 8. The lowest BCUT2D eigenvalue weighted by Gasteiger charge is -2.15. The third kappa shape index (κ3) is 5.14. The van der Waals surface area contributed by atoms with Crippen LogP contribution in [-0.2, 0) is 16.3 Å². The summed E-state index contributed by atoms with van der Waals surface area (Å²) in [5.41, 5.74) is 3.53. The summed E-state index contributed by atoms with van der Waals surface area (Å²) in [6, 6.07) is 8.25. The minimum atomic E-state index is -3.64. The third-order valence-electron chi connectivity index (χ3n) is 4.45. The average molecular weight is 425 g/mol.